The normalized spacial score (nSPS) is 13.6. The highest BCUT2D eigenvalue weighted by molar-refractivity contribution is 7.11. The molecule has 2 amide bonds. The average Bonchev–Trinajstić information content (AvgIpc) is 3.40. The highest BCUT2D eigenvalue weighted by Crippen LogP contribution is 2.41. The van der Waals surface area contributed by atoms with Crippen molar-refractivity contribution >= 4 is 40.1 Å². The number of carbonyl (C=O) groups excluding carboxylic acids is 2. The van der Waals surface area contributed by atoms with E-state index in [9.17, 15) is 9.59 Å². The van der Waals surface area contributed by atoms with Crippen molar-refractivity contribution in [2.24, 2.45) is 0 Å². The molecule has 4 rings (SSSR count). The molecule has 8 heteroatoms. The Morgan fingerprint density at radius 3 is 2.28 bits per heavy atom. The van der Waals surface area contributed by atoms with Gasteiger partial charge in [0.2, 0.25) is 0 Å². The smallest absolute Gasteiger partial charge is 0.282 e. The second-order valence-corrected chi connectivity index (χ2v) is 7.99. The molecule has 0 radical (unpaired) electrons. The van der Waals surface area contributed by atoms with Gasteiger partial charge in [0.15, 0.2) is 0 Å². The molecule has 0 atom stereocenters. The Morgan fingerprint density at radius 1 is 0.875 bits per heavy atom. The van der Waals surface area contributed by atoms with Crippen molar-refractivity contribution in [1.82, 2.24) is 0 Å². The number of hydrogen-bond acceptors (Lipinski definition) is 7. The third-order valence-electron chi connectivity index (χ3n) is 5.09. The lowest BCUT2D eigenvalue weighted by molar-refractivity contribution is -0.120. The lowest BCUT2D eigenvalue weighted by atomic mass is 10.1. The molecule has 0 fully saturated rings. The average molecular weight is 451 g/mol. The molecular formula is C24H22N2O5S. The van der Waals surface area contributed by atoms with E-state index in [1.165, 1.54) is 25.6 Å². The maximum absolute atomic E-state index is 13.6. The fraction of sp³-hybridized carbons (Fsp3) is 0.167. The van der Waals surface area contributed by atoms with Gasteiger partial charge in [0.1, 0.15) is 22.9 Å². The summed E-state index contributed by atoms with van der Waals surface area (Å²) in [5, 5.41) is 5.02. The number of aryl methyl sites for hydroxylation is 1. The number of ether oxygens (including phenoxy) is 3. The highest BCUT2D eigenvalue weighted by atomic mass is 32.1. The van der Waals surface area contributed by atoms with Crippen molar-refractivity contribution in [2.75, 3.05) is 31.5 Å². The van der Waals surface area contributed by atoms with Crippen LogP contribution in [0, 0.1) is 6.92 Å². The maximum Gasteiger partial charge on any atom is 0.282 e. The SMILES string of the molecule is COc1ccc(OC)c(N2C(=O)C(Nc3cc(C)ccc3OC)=C(c3cccs3)C2=O)c1. The number of rotatable bonds is 7. The largest absolute Gasteiger partial charge is 0.497 e. The van der Waals surface area contributed by atoms with E-state index in [0.717, 1.165) is 10.5 Å². The number of benzene rings is 2. The Morgan fingerprint density at radius 2 is 1.62 bits per heavy atom. The van der Waals surface area contributed by atoms with Crippen molar-refractivity contribution in [3.63, 3.8) is 0 Å². The van der Waals surface area contributed by atoms with Gasteiger partial charge >= 0.3 is 0 Å². The van der Waals surface area contributed by atoms with E-state index in [1.54, 1.807) is 25.3 Å². The van der Waals surface area contributed by atoms with Gasteiger partial charge in [0.05, 0.1) is 38.3 Å². The van der Waals surface area contributed by atoms with Crippen molar-refractivity contribution < 1.29 is 23.8 Å². The van der Waals surface area contributed by atoms with E-state index in [4.69, 9.17) is 14.2 Å². The summed E-state index contributed by atoms with van der Waals surface area (Å²) in [5.74, 6) is 0.506. The van der Waals surface area contributed by atoms with Crippen LogP contribution in [-0.4, -0.2) is 33.1 Å². The number of anilines is 2. The van der Waals surface area contributed by atoms with E-state index in [0.29, 0.717) is 39.1 Å². The molecule has 1 aromatic heterocycles. The van der Waals surface area contributed by atoms with E-state index >= 15 is 0 Å². The number of imide groups is 1. The van der Waals surface area contributed by atoms with Crippen LogP contribution in [0.15, 0.2) is 59.6 Å². The monoisotopic (exact) mass is 450 g/mol. The third kappa shape index (κ3) is 3.69. The molecule has 0 spiro atoms. The van der Waals surface area contributed by atoms with Crippen LogP contribution in [0.4, 0.5) is 11.4 Å². The summed E-state index contributed by atoms with van der Waals surface area (Å²) in [6, 6.07) is 14.2. The quantitative estimate of drug-likeness (QED) is 0.535. The number of hydrogen-bond donors (Lipinski definition) is 1. The molecule has 7 nitrogen and oxygen atoms in total. The zero-order chi connectivity index (χ0) is 22.8. The minimum absolute atomic E-state index is 0.172. The first-order valence-electron chi connectivity index (χ1n) is 9.79. The highest BCUT2D eigenvalue weighted by Gasteiger charge is 2.42. The van der Waals surface area contributed by atoms with E-state index < -0.39 is 11.8 Å². The molecular weight excluding hydrogens is 428 g/mol. The summed E-state index contributed by atoms with van der Waals surface area (Å²) < 4.78 is 16.2. The predicted molar refractivity (Wildman–Crippen MR) is 125 cm³/mol. The van der Waals surface area contributed by atoms with Crippen molar-refractivity contribution in [2.45, 2.75) is 6.92 Å². The van der Waals surface area contributed by atoms with E-state index in [1.807, 2.05) is 42.6 Å². The first kappa shape index (κ1) is 21.5. The van der Waals surface area contributed by atoms with Gasteiger partial charge < -0.3 is 19.5 Å². The molecule has 0 bridgehead atoms. The first-order valence-corrected chi connectivity index (χ1v) is 10.7. The van der Waals surface area contributed by atoms with Crippen LogP contribution >= 0.6 is 11.3 Å². The van der Waals surface area contributed by atoms with Crippen LogP contribution in [0.5, 0.6) is 17.2 Å². The van der Waals surface area contributed by atoms with E-state index in [-0.39, 0.29) is 5.70 Å². The number of nitrogens with zero attached hydrogens (tertiary/aromatic N) is 1. The summed E-state index contributed by atoms with van der Waals surface area (Å²) in [7, 11) is 4.56. The number of methoxy groups -OCH3 is 3. The second kappa shape index (κ2) is 8.76. The van der Waals surface area contributed by atoms with Gasteiger partial charge in [0, 0.05) is 10.9 Å². The Kier molecular flexibility index (Phi) is 5.87. The Labute approximate surface area is 189 Å². The standard InChI is InChI=1S/C24H22N2O5S/c1-14-7-9-18(30-3)16(12-14)25-22-21(20-6-5-11-32-20)23(27)26(24(22)28)17-13-15(29-2)8-10-19(17)31-4/h5-13,25H,1-4H3. The first-order chi connectivity index (χ1) is 15.5. The van der Waals surface area contributed by atoms with Gasteiger partial charge in [-0.05, 0) is 48.2 Å². The predicted octanol–water partition coefficient (Wildman–Crippen LogP) is 4.48. The fourth-order valence-electron chi connectivity index (χ4n) is 3.54. The van der Waals surface area contributed by atoms with Gasteiger partial charge in [-0.1, -0.05) is 12.1 Å². The Hall–Kier alpha value is -3.78. The lowest BCUT2D eigenvalue weighted by Crippen LogP contribution is -2.32. The van der Waals surface area contributed by atoms with Gasteiger partial charge in [-0.15, -0.1) is 11.3 Å². The Bertz CT molecular complexity index is 1220. The second-order valence-electron chi connectivity index (χ2n) is 7.04. The number of nitrogens with one attached hydrogen (secondary N) is 1. The zero-order valence-electron chi connectivity index (χ0n) is 18.1. The van der Waals surface area contributed by atoms with Crippen LogP contribution in [0.2, 0.25) is 0 Å². The maximum atomic E-state index is 13.6. The molecule has 1 aliphatic heterocycles. The minimum Gasteiger partial charge on any atom is -0.497 e. The zero-order valence-corrected chi connectivity index (χ0v) is 18.9. The summed E-state index contributed by atoms with van der Waals surface area (Å²) in [6.45, 7) is 1.94. The van der Waals surface area contributed by atoms with Crippen LogP contribution < -0.4 is 24.4 Å². The Balaban J connectivity index is 1.85. The molecule has 3 aromatic rings. The topological polar surface area (TPSA) is 77.1 Å². The molecule has 0 unspecified atom stereocenters. The van der Waals surface area contributed by atoms with Crippen LogP contribution in [0.1, 0.15) is 10.4 Å². The van der Waals surface area contributed by atoms with Crippen LogP contribution in [0.25, 0.3) is 5.57 Å². The van der Waals surface area contributed by atoms with Gasteiger partial charge in [-0.3, -0.25) is 9.59 Å². The van der Waals surface area contributed by atoms with Gasteiger partial charge in [-0.2, -0.15) is 0 Å². The molecule has 0 saturated carbocycles. The molecule has 2 aromatic carbocycles. The van der Waals surface area contributed by atoms with E-state index in [2.05, 4.69) is 5.32 Å². The summed E-state index contributed by atoms with van der Waals surface area (Å²) in [4.78, 5) is 29.0. The molecule has 0 aliphatic carbocycles. The van der Waals surface area contributed by atoms with Crippen LogP contribution in [0.3, 0.4) is 0 Å². The van der Waals surface area contributed by atoms with Gasteiger partial charge in [0.25, 0.3) is 11.8 Å². The number of carbonyl (C=O) groups is 2. The van der Waals surface area contributed by atoms with Gasteiger partial charge in [-0.25, -0.2) is 4.90 Å². The molecule has 164 valence electrons. The molecule has 0 saturated heterocycles. The number of amides is 2. The third-order valence-corrected chi connectivity index (χ3v) is 5.98. The summed E-state index contributed by atoms with van der Waals surface area (Å²) >= 11 is 1.38. The molecule has 1 aliphatic rings. The molecule has 1 N–H and O–H groups in total. The fourth-order valence-corrected chi connectivity index (χ4v) is 4.31. The molecule has 32 heavy (non-hydrogen) atoms. The van der Waals surface area contributed by atoms with Crippen molar-refractivity contribution in [3.8, 4) is 17.2 Å². The minimum atomic E-state index is -0.492. The number of thiophene rings is 1. The summed E-state index contributed by atoms with van der Waals surface area (Å²) in [5.41, 5.74) is 2.35. The molecule has 2 heterocycles. The van der Waals surface area contributed by atoms with Crippen molar-refractivity contribution in [1.29, 1.82) is 0 Å². The lowest BCUT2D eigenvalue weighted by Gasteiger charge is -2.19. The van der Waals surface area contributed by atoms with Crippen molar-refractivity contribution in [3.05, 3.63) is 70.0 Å². The summed E-state index contributed by atoms with van der Waals surface area (Å²) in [6.07, 6.45) is 0. The van der Waals surface area contributed by atoms with Crippen LogP contribution in [-0.2, 0) is 9.59 Å².